The van der Waals surface area contributed by atoms with E-state index in [0.717, 1.165) is 10.4 Å². The van der Waals surface area contributed by atoms with Crippen LogP contribution in [0, 0.1) is 6.92 Å². The van der Waals surface area contributed by atoms with Crippen molar-refractivity contribution >= 4 is 39.7 Å². The minimum Gasteiger partial charge on any atom is -0.331 e. The number of carbonyl (C=O) groups is 1. The Bertz CT molecular complexity index is 1400. The molecule has 4 aromatic rings. The molecule has 0 radical (unpaired) electrons. The van der Waals surface area contributed by atoms with Gasteiger partial charge >= 0.3 is 0 Å². The topological polar surface area (TPSA) is 58.4 Å². The minimum atomic E-state index is -0.435. The highest BCUT2D eigenvalue weighted by Gasteiger charge is 2.27. The van der Waals surface area contributed by atoms with Gasteiger partial charge in [-0.05, 0) is 75.3 Å². The highest BCUT2D eigenvalue weighted by atomic mass is 35.5. The number of amides is 1. The molecule has 182 valence electrons. The Morgan fingerprint density at radius 3 is 2.57 bits per heavy atom. The van der Waals surface area contributed by atoms with Gasteiger partial charge in [-0.2, -0.15) is 0 Å². The SMILES string of the molecule is Cc1cc(Cl)ccc1-n1c(C(C)N(CCN(C)C)C(=O)Cc2cccs2)nc2ccccc2c1=O. The molecule has 2 heterocycles. The number of benzene rings is 2. The maximum absolute atomic E-state index is 13.8. The zero-order valence-corrected chi connectivity index (χ0v) is 21.9. The molecule has 0 bridgehead atoms. The Balaban J connectivity index is 1.87. The van der Waals surface area contributed by atoms with Crippen molar-refractivity contribution in [2.75, 3.05) is 27.2 Å². The normalized spacial score (nSPS) is 12.3. The molecule has 0 spiro atoms. The molecule has 0 saturated carbocycles. The van der Waals surface area contributed by atoms with Crippen molar-refractivity contribution in [3.63, 3.8) is 0 Å². The van der Waals surface area contributed by atoms with Crippen molar-refractivity contribution in [3.8, 4) is 5.69 Å². The standard InChI is InChI=1S/C27H29ClN4O2S/c1-18-16-20(28)11-12-24(18)32-26(29-23-10-6-5-9-22(23)27(32)34)19(2)31(14-13-30(3)4)25(33)17-21-8-7-15-35-21/h5-12,15-16,19H,13-14,17H2,1-4H3. The van der Waals surface area contributed by atoms with E-state index in [1.165, 1.54) is 0 Å². The lowest BCUT2D eigenvalue weighted by atomic mass is 10.1. The molecule has 4 rings (SSSR count). The summed E-state index contributed by atoms with van der Waals surface area (Å²) in [7, 11) is 3.96. The smallest absolute Gasteiger partial charge is 0.266 e. The predicted octanol–water partition coefficient (Wildman–Crippen LogP) is 5.10. The number of hydrogen-bond donors (Lipinski definition) is 0. The molecule has 0 aliphatic rings. The minimum absolute atomic E-state index is 0.00332. The van der Waals surface area contributed by atoms with Gasteiger partial charge in [-0.1, -0.05) is 29.8 Å². The van der Waals surface area contributed by atoms with Crippen LogP contribution in [0.15, 0.2) is 64.8 Å². The maximum Gasteiger partial charge on any atom is 0.266 e. The molecule has 2 aromatic heterocycles. The first-order chi connectivity index (χ1) is 16.8. The molecule has 8 heteroatoms. The van der Waals surface area contributed by atoms with E-state index in [9.17, 15) is 9.59 Å². The molecular formula is C27H29ClN4O2S. The van der Waals surface area contributed by atoms with Crippen LogP contribution in [0.1, 0.15) is 29.2 Å². The number of halogens is 1. The lowest BCUT2D eigenvalue weighted by Crippen LogP contribution is -2.41. The van der Waals surface area contributed by atoms with Crippen molar-refractivity contribution < 1.29 is 4.79 Å². The van der Waals surface area contributed by atoms with Crippen molar-refractivity contribution in [1.29, 1.82) is 0 Å². The molecule has 6 nitrogen and oxygen atoms in total. The first kappa shape index (κ1) is 25.1. The Morgan fingerprint density at radius 1 is 1.11 bits per heavy atom. The van der Waals surface area contributed by atoms with Crippen LogP contribution in [0.5, 0.6) is 0 Å². The summed E-state index contributed by atoms with van der Waals surface area (Å²) in [6, 6.07) is 16.2. The summed E-state index contributed by atoms with van der Waals surface area (Å²) in [5.41, 5.74) is 2.01. The Labute approximate surface area is 214 Å². The number of fused-ring (bicyclic) bond motifs is 1. The number of rotatable bonds is 8. The van der Waals surface area contributed by atoms with Crippen LogP contribution >= 0.6 is 22.9 Å². The quantitative estimate of drug-likeness (QED) is 0.332. The molecular weight excluding hydrogens is 480 g/mol. The number of hydrogen-bond acceptors (Lipinski definition) is 5. The van der Waals surface area contributed by atoms with E-state index in [2.05, 4.69) is 0 Å². The Morgan fingerprint density at radius 2 is 1.89 bits per heavy atom. The molecule has 0 aliphatic heterocycles. The van der Waals surface area contributed by atoms with Gasteiger partial charge in [-0.25, -0.2) is 4.98 Å². The second-order valence-corrected chi connectivity index (χ2v) is 10.3. The second kappa shape index (κ2) is 10.7. The summed E-state index contributed by atoms with van der Waals surface area (Å²) in [5, 5.41) is 3.10. The third kappa shape index (κ3) is 5.48. The lowest BCUT2D eigenvalue weighted by Gasteiger charge is -2.31. The van der Waals surface area contributed by atoms with Gasteiger partial charge in [-0.3, -0.25) is 14.2 Å². The van der Waals surface area contributed by atoms with Crippen LogP contribution in [0.3, 0.4) is 0 Å². The first-order valence-electron chi connectivity index (χ1n) is 11.5. The molecule has 35 heavy (non-hydrogen) atoms. The third-order valence-electron chi connectivity index (χ3n) is 6.06. The van der Waals surface area contributed by atoms with Crippen LogP contribution in [-0.4, -0.2) is 52.4 Å². The fourth-order valence-corrected chi connectivity index (χ4v) is 5.10. The predicted molar refractivity (Wildman–Crippen MR) is 144 cm³/mol. The molecule has 0 aliphatic carbocycles. The van der Waals surface area contributed by atoms with Crippen LogP contribution in [0.2, 0.25) is 5.02 Å². The monoisotopic (exact) mass is 508 g/mol. The molecule has 1 atom stereocenters. The highest BCUT2D eigenvalue weighted by Crippen LogP contribution is 2.26. The van der Waals surface area contributed by atoms with Gasteiger partial charge in [0.2, 0.25) is 5.91 Å². The summed E-state index contributed by atoms with van der Waals surface area (Å²) in [6.07, 6.45) is 0.313. The van der Waals surface area contributed by atoms with Crippen LogP contribution in [0.4, 0.5) is 0 Å². The first-order valence-corrected chi connectivity index (χ1v) is 12.8. The maximum atomic E-state index is 13.8. The zero-order chi connectivity index (χ0) is 25.1. The molecule has 2 aromatic carbocycles. The molecule has 1 unspecified atom stereocenters. The average molecular weight is 509 g/mol. The van der Waals surface area contributed by atoms with Crippen molar-refractivity contribution in [1.82, 2.24) is 19.4 Å². The van der Waals surface area contributed by atoms with Gasteiger partial charge < -0.3 is 9.80 Å². The van der Waals surface area contributed by atoms with E-state index in [1.54, 1.807) is 28.0 Å². The van der Waals surface area contributed by atoms with Gasteiger partial charge in [0.15, 0.2) is 0 Å². The third-order valence-corrected chi connectivity index (χ3v) is 7.17. The molecule has 0 fully saturated rings. The summed E-state index contributed by atoms with van der Waals surface area (Å²) >= 11 is 7.78. The summed E-state index contributed by atoms with van der Waals surface area (Å²) in [5.74, 6) is 0.529. The highest BCUT2D eigenvalue weighted by molar-refractivity contribution is 7.10. The van der Waals surface area contributed by atoms with Crippen molar-refractivity contribution in [3.05, 3.63) is 91.6 Å². The van der Waals surface area contributed by atoms with Crippen LogP contribution in [0.25, 0.3) is 16.6 Å². The fraction of sp³-hybridized carbons (Fsp3) is 0.296. The van der Waals surface area contributed by atoms with Crippen LogP contribution < -0.4 is 5.56 Å². The van der Waals surface area contributed by atoms with Gasteiger partial charge in [0.1, 0.15) is 5.82 Å². The number of carbonyl (C=O) groups excluding carboxylic acids is 1. The summed E-state index contributed by atoms with van der Waals surface area (Å²) < 4.78 is 1.64. The Kier molecular flexibility index (Phi) is 7.69. The van der Waals surface area contributed by atoms with Gasteiger partial charge in [-0.15, -0.1) is 11.3 Å². The van der Waals surface area contributed by atoms with Gasteiger partial charge in [0.25, 0.3) is 5.56 Å². The average Bonchev–Trinajstić information content (AvgIpc) is 3.32. The molecule has 0 N–H and O–H groups in total. The second-order valence-electron chi connectivity index (χ2n) is 8.88. The van der Waals surface area contributed by atoms with E-state index in [4.69, 9.17) is 16.6 Å². The van der Waals surface area contributed by atoms with E-state index in [-0.39, 0.29) is 11.5 Å². The van der Waals surface area contributed by atoms with E-state index in [1.807, 2.05) is 85.6 Å². The fourth-order valence-electron chi connectivity index (χ4n) is 4.18. The van der Waals surface area contributed by atoms with E-state index >= 15 is 0 Å². The number of likely N-dealkylation sites (N-methyl/N-ethyl adjacent to an activating group) is 1. The number of aromatic nitrogens is 2. The zero-order valence-electron chi connectivity index (χ0n) is 20.4. The largest absolute Gasteiger partial charge is 0.331 e. The number of aryl methyl sites for hydroxylation is 1. The van der Waals surface area contributed by atoms with Crippen molar-refractivity contribution in [2.45, 2.75) is 26.3 Å². The van der Waals surface area contributed by atoms with Crippen molar-refractivity contribution in [2.24, 2.45) is 0 Å². The summed E-state index contributed by atoms with van der Waals surface area (Å²) in [6.45, 7) is 5.07. The van der Waals surface area contributed by atoms with E-state index < -0.39 is 6.04 Å². The molecule has 0 saturated heterocycles. The molecule has 1 amide bonds. The summed E-state index contributed by atoms with van der Waals surface area (Å²) in [4.78, 5) is 37.1. The van der Waals surface area contributed by atoms with E-state index in [0.29, 0.717) is 46.9 Å². The number of nitrogens with zero attached hydrogens (tertiary/aromatic N) is 4. The number of thiophene rings is 1. The number of para-hydroxylation sites is 1. The lowest BCUT2D eigenvalue weighted by molar-refractivity contribution is -0.133. The van der Waals surface area contributed by atoms with Gasteiger partial charge in [0.05, 0.1) is 29.1 Å². The van der Waals surface area contributed by atoms with Gasteiger partial charge in [0, 0.05) is 23.0 Å². The van der Waals surface area contributed by atoms with Crippen LogP contribution in [-0.2, 0) is 11.2 Å². The Hall–Kier alpha value is -3.00.